The summed E-state index contributed by atoms with van der Waals surface area (Å²) in [5, 5.41) is 4.17. The molecule has 0 unspecified atom stereocenters. The molecule has 6 rings (SSSR count). The van der Waals surface area contributed by atoms with Crippen molar-refractivity contribution in [3.63, 3.8) is 0 Å². The van der Waals surface area contributed by atoms with Crippen molar-refractivity contribution in [1.82, 2.24) is 10.2 Å². The van der Waals surface area contributed by atoms with Gasteiger partial charge in [0, 0.05) is 16.5 Å². The Labute approximate surface area is 227 Å². The molecule has 200 valence electrons. The topological polar surface area (TPSA) is 49.4 Å². The number of imide groups is 1. The molecular formula is C32H43ClN2O2. The summed E-state index contributed by atoms with van der Waals surface area (Å²) in [4.78, 5) is 29.1. The molecule has 0 saturated heterocycles. The predicted molar refractivity (Wildman–Crippen MR) is 148 cm³/mol. The molecule has 1 heterocycles. The molecule has 5 heteroatoms. The molecule has 0 spiro atoms. The molecule has 1 aromatic rings. The highest BCUT2D eigenvalue weighted by Gasteiger charge is 2.59. The summed E-state index contributed by atoms with van der Waals surface area (Å²) in [5.74, 6) is 1.89. The number of carbonyl (C=O) groups is 2. The summed E-state index contributed by atoms with van der Waals surface area (Å²) in [6, 6.07) is 3.88. The van der Waals surface area contributed by atoms with Gasteiger partial charge in [-0.05, 0) is 111 Å². The van der Waals surface area contributed by atoms with E-state index in [1.165, 1.54) is 32.1 Å². The van der Waals surface area contributed by atoms with Crippen molar-refractivity contribution in [2.45, 2.75) is 110 Å². The van der Waals surface area contributed by atoms with Crippen LogP contribution in [-0.2, 0) is 10.3 Å². The predicted octanol–water partition coefficient (Wildman–Crippen LogP) is 7.84. The number of urea groups is 1. The number of amides is 3. The molecule has 3 amide bonds. The standard InChI is InChI=1S/C32H43ClN2O2/c1-20-18-21(2)26(33)19-25(20)32(14-5-6-15-32)34-29(37)35-27-10-9-22-23-8-7-13-30(23,3)16-11-24(22)31(27,4)17-12-28(35)36/h12,17-19,22-24,27H,5-11,13-16H2,1-4H3,(H,34,37)/t22-,23-,24-,27+,30-,31+/m0/s1. The average molecular weight is 523 g/mol. The highest BCUT2D eigenvalue weighted by atomic mass is 35.5. The van der Waals surface area contributed by atoms with Crippen LogP contribution in [0.15, 0.2) is 24.3 Å². The van der Waals surface area contributed by atoms with Gasteiger partial charge >= 0.3 is 6.03 Å². The van der Waals surface area contributed by atoms with Crippen LogP contribution >= 0.6 is 11.6 Å². The van der Waals surface area contributed by atoms with E-state index in [1.807, 2.05) is 13.0 Å². The van der Waals surface area contributed by atoms with Crippen molar-refractivity contribution in [3.05, 3.63) is 46.0 Å². The van der Waals surface area contributed by atoms with E-state index in [1.54, 1.807) is 11.0 Å². The van der Waals surface area contributed by atoms with Crippen LogP contribution < -0.4 is 5.32 Å². The van der Waals surface area contributed by atoms with Crippen molar-refractivity contribution in [1.29, 1.82) is 0 Å². The number of benzene rings is 1. The lowest BCUT2D eigenvalue weighted by Crippen LogP contribution is -2.64. The van der Waals surface area contributed by atoms with E-state index in [0.29, 0.717) is 17.3 Å². The molecule has 0 radical (unpaired) electrons. The van der Waals surface area contributed by atoms with Gasteiger partial charge in [0.1, 0.15) is 0 Å². The lowest BCUT2D eigenvalue weighted by molar-refractivity contribution is -0.135. The van der Waals surface area contributed by atoms with Gasteiger partial charge in [0.05, 0.1) is 11.6 Å². The van der Waals surface area contributed by atoms with Gasteiger partial charge in [-0.2, -0.15) is 0 Å². The first-order valence-electron chi connectivity index (χ1n) is 14.7. The van der Waals surface area contributed by atoms with Crippen LogP contribution in [0.1, 0.15) is 101 Å². The van der Waals surface area contributed by atoms with E-state index in [4.69, 9.17) is 11.6 Å². The van der Waals surface area contributed by atoms with E-state index < -0.39 is 5.54 Å². The Morgan fingerprint density at radius 3 is 2.46 bits per heavy atom. The van der Waals surface area contributed by atoms with Crippen LogP contribution in [-0.4, -0.2) is 22.9 Å². The quantitative estimate of drug-likeness (QED) is 0.430. The normalized spacial score (nSPS) is 38.2. The van der Waals surface area contributed by atoms with Gasteiger partial charge in [-0.1, -0.05) is 56.9 Å². The van der Waals surface area contributed by atoms with E-state index in [-0.39, 0.29) is 23.4 Å². The van der Waals surface area contributed by atoms with Gasteiger partial charge < -0.3 is 5.32 Å². The molecule has 0 aromatic heterocycles. The van der Waals surface area contributed by atoms with Gasteiger partial charge in [0.2, 0.25) is 0 Å². The summed E-state index contributed by atoms with van der Waals surface area (Å²) in [5.41, 5.74) is 3.19. The molecule has 4 saturated carbocycles. The molecule has 1 N–H and O–H groups in total. The van der Waals surface area contributed by atoms with E-state index in [2.05, 4.69) is 38.2 Å². The second-order valence-corrected chi connectivity index (χ2v) is 14.0. The number of nitrogens with zero attached hydrogens (tertiary/aromatic N) is 1. The summed E-state index contributed by atoms with van der Waals surface area (Å²) in [6.45, 7) is 8.99. The largest absolute Gasteiger partial charge is 0.328 e. The van der Waals surface area contributed by atoms with Gasteiger partial charge in [-0.3, -0.25) is 9.69 Å². The molecule has 1 aromatic carbocycles. The second kappa shape index (κ2) is 8.86. The summed E-state index contributed by atoms with van der Waals surface area (Å²) < 4.78 is 0. The van der Waals surface area contributed by atoms with Crippen LogP contribution in [0.2, 0.25) is 5.02 Å². The minimum atomic E-state index is -0.468. The molecule has 37 heavy (non-hydrogen) atoms. The molecule has 0 bridgehead atoms. The third-order valence-corrected chi connectivity index (χ3v) is 12.1. The fourth-order valence-corrected chi connectivity index (χ4v) is 9.94. The highest BCUT2D eigenvalue weighted by molar-refractivity contribution is 6.31. The van der Waals surface area contributed by atoms with E-state index in [0.717, 1.165) is 66.2 Å². The fourth-order valence-electron chi connectivity index (χ4n) is 9.78. The van der Waals surface area contributed by atoms with Crippen molar-refractivity contribution >= 4 is 23.5 Å². The minimum absolute atomic E-state index is 0.0711. The molecular weight excluding hydrogens is 480 g/mol. The number of rotatable bonds is 2. The first-order chi connectivity index (χ1) is 17.6. The van der Waals surface area contributed by atoms with Crippen LogP contribution in [0.5, 0.6) is 0 Å². The fraction of sp³-hybridized carbons (Fsp3) is 0.688. The summed E-state index contributed by atoms with van der Waals surface area (Å²) in [6.07, 6.45) is 16.4. The Morgan fingerprint density at radius 2 is 1.70 bits per heavy atom. The van der Waals surface area contributed by atoms with E-state index >= 15 is 0 Å². The van der Waals surface area contributed by atoms with Gasteiger partial charge in [-0.25, -0.2) is 4.79 Å². The molecule has 6 atom stereocenters. The summed E-state index contributed by atoms with van der Waals surface area (Å²) >= 11 is 6.57. The zero-order valence-corrected chi connectivity index (χ0v) is 23.8. The van der Waals surface area contributed by atoms with Gasteiger partial charge in [0.25, 0.3) is 5.91 Å². The number of fused-ring (bicyclic) bond motifs is 5. The molecule has 5 aliphatic rings. The highest BCUT2D eigenvalue weighted by Crippen LogP contribution is 2.64. The van der Waals surface area contributed by atoms with Gasteiger partial charge in [0.15, 0.2) is 0 Å². The van der Waals surface area contributed by atoms with Crippen LogP contribution in [0.4, 0.5) is 4.79 Å². The Hall–Kier alpha value is -1.81. The van der Waals surface area contributed by atoms with Crippen molar-refractivity contribution in [3.8, 4) is 0 Å². The van der Waals surface area contributed by atoms with Gasteiger partial charge in [-0.15, -0.1) is 0 Å². The number of carbonyl (C=O) groups excluding carboxylic acids is 2. The van der Waals surface area contributed by atoms with Crippen molar-refractivity contribution in [2.24, 2.45) is 28.6 Å². The molecule has 4 fully saturated rings. The smallest absolute Gasteiger partial charge is 0.325 e. The Bertz CT molecular complexity index is 1150. The zero-order valence-electron chi connectivity index (χ0n) is 23.0. The maximum atomic E-state index is 14.1. The van der Waals surface area contributed by atoms with Crippen LogP contribution in [0.25, 0.3) is 0 Å². The molecule has 1 aliphatic heterocycles. The zero-order chi connectivity index (χ0) is 26.2. The maximum absolute atomic E-state index is 14.1. The lowest BCUT2D eigenvalue weighted by atomic mass is 9.48. The second-order valence-electron chi connectivity index (χ2n) is 13.6. The van der Waals surface area contributed by atoms with Crippen molar-refractivity contribution < 1.29 is 9.59 Å². The summed E-state index contributed by atoms with van der Waals surface area (Å²) in [7, 11) is 0. The SMILES string of the molecule is Cc1cc(C)c(C2(NC(=O)N3C(=O)C=C[C@]4(C)[C@H]5CC[C@]6(C)CCC[C@H]6[C@@H]5CC[C@@H]34)CCCC2)cc1Cl. The molecule has 4 aliphatic carbocycles. The Kier molecular flexibility index (Phi) is 6.10. The lowest BCUT2D eigenvalue weighted by Gasteiger charge is -2.59. The number of nitrogens with one attached hydrogen (secondary N) is 1. The number of halogens is 1. The third-order valence-electron chi connectivity index (χ3n) is 11.7. The van der Waals surface area contributed by atoms with Crippen molar-refractivity contribution in [2.75, 3.05) is 0 Å². The number of hydrogen-bond donors (Lipinski definition) is 1. The third kappa shape index (κ3) is 3.83. The Morgan fingerprint density at radius 1 is 0.946 bits per heavy atom. The van der Waals surface area contributed by atoms with E-state index in [9.17, 15) is 9.59 Å². The maximum Gasteiger partial charge on any atom is 0.325 e. The minimum Gasteiger partial charge on any atom is -0.328 e. The first-order valence-corrected chi connectivity index (χ1v) is 15.1. The average Bonchev–Trinajstić information content (AvgIpc) is 3.48. The van der Waals surface area contributed by atoms with Crippen LogP contribution in [0, 0.1) is 42.4 Å². The number of hydrogen-bond acceptors (Lipinski definition) is 2. The monoisotopic (exact) mass is 522 g/mol. The van der Waals surface area contributed by atoms with Crippen LogP contribution in [0.3, 0.4) is 0 Å². The number of aryl methyl sites for hydroxylation is 2. The first kappa shape index (κ1) is 25.5. The Balaban J connectivity index is 1.30. The molecule has 4 nitrogen and oxygen atoms in total.